The first-order valence-corrected chi connectivity index (χ1v) is 6.17. The summed E-state index contributed by atoms with van der Waals surface area (Å²) < 4.78 is 5.18. The number of rotatable bonds is 5. The third-order valence-electron chi connectivity index (χ3n) is 2.32. The Kier molecular flexibility index (Phi) is 3.75. The fourth-order valence-electron chi connectivity index (χ4n) is 1.48. The summed E-state index contributed by atoms with van der Waals surface area (Å²) in [4.78, 5) is 23.9. The molecule has 8 heteroatoms. The Bertz CT molecular complexity index is 418. The minimum Gasteiger partial charge on any atom is -0.415 e. The van der Waals surface area contributed by atoms with Gasteiger partial charge in [0, 0.05) is 25.1 Å². The van der Waals surface area contributed by atoms with Gasteiger partial charge >= 0.3 is 0 Å². The van der Waals surface area contributed by atoms with Crippen LogP contribution >= 0.6 is 11.8 Å². The van der Waals surface area contributed by atoms with Crippen molar-refractivity contribution in [3.63, 3.8) is 0 Å². The molecule has 2 N–H and O–H groups in total. The summed E-state index contributed by atoms with van der Waals surface area (Å²) in [6, 6.07) is 0. The molecule has 7 nitrogen and oxygen atoms in total. The molecule has 2 rings (SSSR count). The molecule has 2 amide bonds. The maximum absolute atomic E-state index is 11.3. The van der Waals surface area contributed by atoms with Gasteiger partial charge in [-0.05, 0) is 0 Å². The zero-order valence-electron chi connectivity index (χ0n) is 9.09. The van der Waals surface area contributed by atoms with E-state index in [1.807, 2.05) is 0 Å². The van der Waals surface area contributed by atoms with Gasteiger partial charge in [0.25, 0.3) is 5.22 Å². The standard InChI is InChI=1S/C9H12N4O3S/c10-5-6-11-12-9(16-6)17-4-3-13-7(14)1-2-8(13)15/h1-5,10H2. The molecule has 92 valence electrons. The van der Waals surface area contributed by atoms with Gasteiger partial charge in [0.1, 0.15) is 0 Å². The van der Waals surface area contributed by atoms with Gasteiger partial charge in [-0.2, -0.15) is 0 Å². The summed E-state index contributed by atoms with van der Waals surface area (Å²) >= 11 is 1.31. The van der Waals surface area contributed by atoms with E-state index in [4.69, 9.17) is 10.2 Å². The molecule has 1 fully saturated rings. The van der Waals surface area contributed by atoms with E-state index in [1.165, 1.54) is 16.7 Å². The van der Waals surface area contributed by atoms with Gasteiger partial charge in [0.15, 0.2) is 0 Å². The zero-order chi connectivity index (χ0) is 12.3. The number of thioether (sulfide) groups is 1. The van der Waals surface area contributed by atoms with Crippen LogP contribution in [0.5, 0.6) is 0 Å². The van der Waals surface area contributed by atoms with Crippen molar-refractivity contribution in [1.29, 1.82) is 0 Å². The van der Waals surface area contributed by atoms with E-state index in [1.54, 1.807) is 0 Å². The second kappa shape index (κ2) is 5.28. The van der Waals surface area contributed by atoms with Gasteiger partial charge in [-0.15, -0.1) is 10.2 Å². The van der Waals surface area contributed by atoms with Gasteiger partial charge in [-0.25, -0.2) is 0 Å². The molecular weight excluding hydrogens is 244 g/mol. The van der Waals surface area contributed by atoms with Crippen molar-refractivity contribution < 1.29 is 14.0 Å². The fraction of sp³-hybridized carbons (Fsp3) is 0.556. The smallest absolute Gasteiger partial charge is 0.276 e. The fourth-order valence-corrected chi connectivity index (χ4v) is 2.18. The van der Waals surface area contributed by atoms with Gasteiger partial charge in [-0.3, -0.25) is 14.5 Å². The topological polar surface area (TPSA) is 102 Å². The molecule has 0 radical (unpaired) electrons. The molecule has 0 spiro atoms. The highest BCUT2D eigenvalue weighted by Gasteiger charge is 2.28. The van der Waals surface area contributed by atoms with E-state index in [9.17, 15) is 9.59 Å². The number of nitrogens with two attached hydrogens (primary N) is 1. The summed E-state index contributed by atoms with van der Waals surface area (Å²) in [5, 5.41) is 7.88. The van der Waals surface area contributed by atoms with Crippen LogP contribution in [0.15, 0.2) is 9.64 Å². The number of amides is 2. The van der Waals surface area contributed by atoms with Crippen LogP contribution in [0.3, 0.4) is 0 Å². The lowest BCUT2D eigenvalue weighted by atomic mass is 10.4. The Labute approximate surface area is 102 Å². The van der Waals surface area contributed by atoms with E-state index in [-0.39, 0.29) is 18.4 Å². The van der Waals surface area contributed by atoms with E-state index in [0.717, 1.165) is 0 Å². The highest BCUT2D eigenvalue weighted by atomic mass is 32.2. The molecule has 0 aliphatic carbocycles. The molecule has 0 bridgehead atoms. The normalized spacial score (nSPS) is 15.9. The Morgan fingerprint density at radius 1 is 1.29 bits per heavy atom. The molecular formula is C9H12N4O3S. The maximum Gasteiger partial charge on any atom is 0.276 e. The second-order valence-corrected chi connectivity index (χ2v) is 4.50. The highest BCUT2D eigenvalue weighted by Crippen LogP contribution is 2.18. The zero-order valence-corrected chi connectivity index (χ0v) is 9.90. The number of likely N-dealkylation sites (tertiary alicyclic amines) is 1. The number of hydrogen-bond donors (Lipinski definition) is 1. The minimum absolute atomic E-state index is 0.108. The number of carbonyl (C=O) groups is 2. The van der Waals surface area contributed by atoms with Crippen molar-refractivity contribution >= 4 is 23.6 Å². The third kappa shape index (κ3) is 2.83. The highest BCUT2D eigenvalue weighted by molar-refractivity contribution is 7.99. The first-order chi connectivity index (χ1) is 8.20. The van der Waals surface area contributed by atoms with Crippen molar-refractivity contribution in [2.45, 2.75) is 24.6 Å². The van der Waals surface area contributed by atoms with Crippen molar-refractivity contribution in [2.75, 3.05) is 12.3 Å². The summed E-state index contributed by atoms with van der Waals surface area (Å²) in [7, 11) is 0. The maximum atomic E-state index is 11.3. The van der Waals surface area contributed by atoms with Crippen LogP contribution in [0.1, 0.15) is 18.7 Å². The lowest BCUT2D eigenvalue weighted by Gasteiger charge is -2.11. The second-order valence-electron chi connectivity index (χ2n) is 3.45. The van der Waals surface area contributed by atoms with Gasteiger partial charge < -0.3 is 10.2 Å². The lowest BCUT2D eigenvalue weighted by molar-refractivity contribution is -0.137. The third-order valence-corrected chi connectivity index (χ3v) is 3.12. The quantitative estimate of drug-likeness (QED) is 0.573. The average molecular weight is 256 g/mol. The number of nitrogens with zero attached hydrogens (tertiary/aromatic N) is 3. The van der Waals surface area contributed by atoms with Crippen molar-refractivity contribution in [2.24, 2.45) is 5.73 Å². The molecule has 17 heavy (non-hydrogen) atoms. The van der Waals surface area contributed by atoms with Crippen LogP contribution in [0.25, 0.3) is 0 Å². The Hall–Kier alpha value is -1.41. The van der Waals surface area contributed by atoms with Crippen LogP contribution in [0.2, 0.25) is 0 Å². The van der Waals surface area contributed by atoms with E-state index in [2.05, 4.69) is 10.2 Å². The van der Waals surface area contributed by atoms with Gasteiger partial charge in [0.2, 0.25) is 17.7 Å². The SMILES string of the molecule is NCc1nnc(SCCN2C(=O)CCC2=O)o1. The lowest BCUT2D eigenvalue weighted by Crippen LogP contribution is -2.31. The Balaban J connectivity index is 1.79. The van der Waals surface area contributed by atoms with E-state index >= 15 is 0 Å². The predicted molar refractivity (Wildman–Crippen MR) is 58.9 cm³/mol. The van der Waals surface area contributed by atoms with Crippen molar-refractivity contribution in [3.8, 4) is 0 Å². The minimum atomic E-state index is -0.108. The number of imide groups is 1. The summed E-state index contributed by atoms with van der Waals surface area (Å²) in [5.41, 5.74) is 5.32. The molecule has 0 unspecified atom stereocenters. The average Bonchev–Trinajstić information content (AvgIpc) is 2.90. The summed E-state index contributed by atoms with van der Waals surface area (Å²) in [5.74, 6) is 0.706. The van der Waals surface area contributed by atoms with E-state index < -0.39 is 0 Å². The molecule has 2 heterocycles. The van der Waals surface area contributed by atoms with Crippen molar-refractivity contribution in [3.05, 3.63) is 5.89 Å². The number of hydrogen-bond acceptors (Lipinski definition) is 7. The predicted octanol–water partition coefficient (Wildman–Crippen LogP) is -0.231. The molecule has 0 aromatic carbocycles. The van der Waals surface area contributed by atoms with E-state index in [0.29, 0.717) is 36.3 Å². The van der Waals surface area contributed by atoms with Gasteiger partial charge in [0.05, 0.1) is 6.54 Å². The molecule has 0 atom stereocenters. The largest absolute Gasteiger partial charge is 0.415 e. The molecule has 1 aliphatic rings. The van der Waals surface area contributed by atoms with Crippen LogP contribution in [-0.4, -0.2) is 39.2 Å². The summed E-state index contributed by atoms with van der Waals surface area (Å²) in [6.45, 7) is 0.583. The summed E-state index contributed by atoms with van der Waals surface area (Å²) in [6.07, 6.45) is 0.642. The Morgan fingerprint density at radius 3 is 2.59 bits per heavy atom. The van der Waals surface area contributed by atoms with Crippen LogP contribution in [0.4, 0.5) is 0 Å². The molecule has 1 aromatic rings. The molecule has 1 aliphatic heterocycles. The first-order valence-electron chi connectivity index (χ1n) is 5.19. The monoisotopic (exact) mass is 256 g/mol. The number of carbonyl (C=O) groups excluding carboxylic acids is 2. The van der Waals surface area contributed by atoms with Crippen LogP contribution in [-0.2, 0) is 16.1 Å². The first kappa shape index (κ1) is 12.1. The van der Waals surface area contributed by atoms with Crippen LogP contribution < -0.4 is 5.73 Å². The Morgan fingerprint density at radius 2 is 2.00 bits per heavy atom. The van der Waals surface area contributed by atoms with Crippen LogP contribution in [0, 0.1) is 0 Å². The molecule has 0 saturated carbocycles. The molecule has 1 aromatic heterocycles. The number of aromatic nitrogens is 2. The molecule has 1 saturated heterocycles. The van der Waals surface area contributed by atoms with Gasteiger partial charge in [-0.1, -0.05) is 11.8 Å². The van der Waals surface area contributed by atoms with Crippen molar-refractivity contribution in [1.82, 2.24) is 15.1 Å².